The van der Waals surface area contributed by atoms with Gasteiger partial charge in [-0.2, -0.15) is 0 Å². The van der Waals surface area contributed by atoms with Crippen LogP contribution >= 0.6 is 0 Å². The van der Waals surface area contributed by atoms with Crippen LogP contribution in [-0.4, -0.2) is 50.1 Å². The number of nitrogens with two attached hydrogens (primary N) is 1. The Morgan fingerprint density at radius 1 is 1.28 bits per heavy atom. The zero-order chi connectivity index (χ0) is 21.1. The molecule has 0 saturated heterocycles. The van der Waals surface area contributed by atoms with Gasteiger partial charge in [0, 0.05) is 28.8 Å². The summed E-state index contributed by atoms with van der Waals surface area (Å²) in [4.78, 5) is 15.3. The van der Waals surface area contributed by atoms with E-state index in [9.17, 15) is 23.8 Å². The van der Waals surface area contributed by atoms with Gasteiger partial charge in [0.1, 0.15) is 28.9 Å². The summed E-state index contributed by atoms with van der Waals surface area (Å²) in [7, 11) is 0. The van der Waals surface area contributed by atoms with Crippen LogP contribution in [0.5, 0.6) is 5.88 Å². The van der Waals surface area contributed by atoms with Gasteiger partial charge in [-0.25, -0.2) is 13.8 Å². The molecule has 0 aliphatic heterocycles. The maximum atomic E-state index is 14.1. The number of aromatic hydroxyl groups is 1. The minimum Gasteiger partial charge on any atom is -0.492 e. The van der Waals surface area contributed by atoms with E-state index in [4.69, 9.17) is 15.6 Å². The van der Waals surface area contributed by atoms with Gasteiger partial charge in [0.05, 0.1) is 26.4 Å². The number of hydrogen-bond acceptors (Lipinski definition) is 6. The summed E-state index contributed by atoms with van der Waals surface area (Å²) >= 11 is 0. The van der Waals surface area contributed by atoms with Gasteiger partial charge in [-0.05, 0) is 12.1 Å². The third-order valence-electron chi connectivity index (χ3n) is 4.31. The number of carbonyl (C=O) groups excluding carboxylic acids is 1. The van der Waals surface area contributed by atoms with Crippen LogP contribution in [0.4, 0.5) is 8.78 Å². The molecule has 0 aliphatic carbocycles. The van der Waals surface area contributed by atoms with E-state index >= 15 is 0 Å². The monoisotopic (exact) mass is 407 g/mol. The molecule has 1 amide bonds. The molecule has 3 aromatic rings. The molecule has 2 aromatic heterocycles. The number of pyridine rings is 1. The van der Waals surface area contributed by atoms with Crippen molar-refractivity contribution >= 4 is 16.8 Å². The predicted molar refractivity (Wildman–Crippen MR) is 98.1 cm³/mol. The molecule has 154 valence electrons. The van der Waals surface area contributed by atoms with Gasteiger partial charge in [0.2, 0.25) is 5.88 Å². The van der Waals surface area contributed by atoms with Gasteiger partial charge >= 0.3 is 0 Å². The van der Waals surface area contributed by atoms with Crippen molar-refractivity contribution in [3.63, 3.8) is 0 Å². The van der Waals surface area contributed by atoms with Crippen LogP contribution in [-0.2, 0) is 17.9 Å². The fourth-order valence-corrected chi connectivity index (χ4v) is 2.93. The summed E-state index contributed by atoms with van der Waals surface area (Å²) < 4.78 is 34.1. The second-order valence-electron chi connectivity index (χ2n) is 6.46. The lowest BCUT2D eigenvalue weighted by Gasteiger charge is -2.08. The van der Waals surface area contributed by atoms with E-state index in [2.05, 4.69) is 4.98 Å². The molecular weight excluding hydrogens is 388 g/mol. The molecule has 5 N–H and O–H groups in total. The first-order valence-electron chi connectivity index (χ1n) is 8.62. The Labute approximate surface area is 163 Å². The van der Waals surface area contributed by atoms with E-state index in [0.717, 1.165) is 12.1 Å². The molecule has 10 heteroatoms. The quantitative estimate of drug-likeness (QED) is 0.441. The zero-order valence-electron chi connectivity index (χ0n) is 15.2. The third-order valence-corrected chi connectivity index (χ3v) is 4.31. The highest BCUT2D eigenvalue weighted by atomic mass is 19.1. The Kier molecular flexibility index (Phi) is 6.06. The minimum absolute atomic E-state index is 0.0336. The fraction of sp³-hybridized carbons (Fsp3) is 0.263. The van der Waals surface area contributed by atoms with Gasteiger partial charge < -0.3 is 30.4 Å². The lowest BCUT2D eigenvalue weighted by atomic mass is 10.2. The van der Waals surface area contributed by atoms with Gasteiger partial charge in [-0.3, -0.25) is 4.79 Å². The second kappa shape index (κ2) is 8.52. The summed E-state index contributed by atoms with van der Waals surface area (Å²) in [6, 6.07) is 4.53. The number of benzene rings is 1. The molecule has 1 aromatic carbocycles. The number of amides is 1. The van der Waals surface area contributed by atoms with Crippen molar-refractivity contribution in [3.8, 4) is 5.88 Å². The Morgan fingerprint density at radius 2 is 2.03 bits per heavy atom. The van der Waals surface area contributed by atoms with Crippen molar-refractivity contribution in [2.75, 3.05) is 13.2 Å². The molecule has 0 bridgehead atoms. The number of aliphatic hydroxyl groups is 2. The summed E-state index contributed by atoms with van der Waals surface area (Å²) in [5.41, 5.74) is 5.97. The largest absolute Gasteiger partial charge is 0.492 e. The number of primary amides is 1. The van der Waals surface area contributed by atoms with Crippen molar-refractivity contribution in [1.29, 1.82) is 0 Å². The standard InChI is InChI=1S/C19H19F2N3O5/c20-12-2-1-10(15(21)3-12)5-24-6-11(8-29-9-13(26)7-25)14-4-16(18(22)27)23-19(28)17(14)24/h1-4,6,13,25-26H,5,7-9H2,(H2,22,27)(H,23,28)/t13-/m0/s1. The SMILES string of the molecule is NC(=O)c1cc2c(COC[C@@H](O)CO)cn(Cc3ccc(F)cc3F)c2c(O)n1. The van der Waals surface area contributed by atoms with Crippen molar-refractivity contribution in [2.45, 2.75) is 19.3 Å². The van der Waals surface area contributed by atoms with Crippen LogP contribution in [0.25, 0.3) is 10.9 Å². The van der Waals surface area contributed by atoms with Gasteiger partial charge in [0.25, 0.3) is 5.91 Å². The van der Waals surface area contributed by atoms with Crippen LogP contribution in [0.15, 0.2) is 30.5 Å². The van der Waals surface area contributed by atoms with Crippen LogP contribution in [0.2, 0.25) is 0 Å². The molecule has 29 heavy (non-hydrogen) atoms. The van der Waals surface area contributed by atoms with E-state index in [1.807, 2.05) is 0 Å². The first-order valence-corrected chi connectivity index (χ1v) is 8.62. The number of fused-ring (bicyclic) bond motifs is 1. The van der Waals surface area contributed by atoms with Gasteiger partial charge in [-0.1, -0.05) is 6.07 Å². The average Bonchev–Trinajstić information content (AvgIpc) is 3.01. The minimum atomic E-state index is -1.06. The van der Waals surface area contributed by atoms with Gasteiger partial charge in [0.15, 0.2) is 0 Å². The summed E-state index contributed by atoms with van der Waals surface area (Å²) in [6.45, 7) is -0.696. The summed E-state index contributed by atoms with van der Waals surface area (Å²) in [6.07, 6.45) is 0.498. The molecule has 0 fully saturated rings. The van der Waals surface area contributed by atoms with Crippen molar-refractivity contribution < 1.29 is 33.6 Å². The number of carbonyl (C=O) groups is 1. The maximum Gasteiger partial charge on any atom is 0.267 e. The smallest absolute Gasteiger partial charge is 0.267 e. The zero-order valence-corrected chi connectivity index (χ0v) is 15.2. The molecule has 0 radical (unpaired) electrons. The average molecular weight is 407 g/mol. The highest BCUT2D eigenvalue weighted by molar-refractivity contribution is 5.97. The molecule has 0 spiro atoms. The number of ether oxygens (including phenoxy) is 1. The van der Waals surface area contributed by atoms with E-state index in [1.165, 1.54) is 16.7 Å². The molecule has 0 saturated carbocycles. The number of halogens is 2. The first-order chi connectivity index (χ1) is 13.8. The fourth-order valence-electron chi connectivity index (χ4n) is 2.93. The van der Waals surface area contributed by atoms with E-state index in [-0.39, 0.29) is 36.5 Å². The number of hydrogen-bond donors (Lipinski definition) is 4. The number of nitrogens with zero attached hydrogens (tertiary/aromatic N) is 2. The highest BCUT2D eigenvalue weighted by Gasteiger charge is 2.18. The van der Waals surface area contributed by atoms with Gasteiger partial charge in [-0.15, -0.1) is 0 Å². The van der Waals surface area contributed by atoms with Crippen molar-refractivity contribution in [3.05, 3.63) is 58.9 Å². The molecule has 2 heterocycles. The molecule has 0 unspecified atom stereocenters. The maximum absolute atomic E-state index is 14.1. The second-order valence-corrected chi connectivity index (χ2v) is 6.46. The van der Waals surface area contributed by atoms with Crippen LogP contribution < -0.4 is 5.73 Å². The lowest BCUT2D eigenvalue weighted by Crippen LogP contribution is -2.19. The lowest BCUT2D eigenvalue weighted by molar-refractivity contribution is 0.000280. The van der Waals surface area contributed by atoms with E-state index in [0.29, 0.717) is 10.9 Å². The summed E-state index contributed by atoms with van der Waals surface area (Å²) in [5, 5.41) is 29.0. The first kappa shape index (κ1) is 20.6. The summed E-state index contributed by atoms with van der Waals surface area (Å²) in [5.74, 6) is -2.80. The predicted octanol–water partition coefficient (Wildman–Crippen LogP) is 1.04. The van der Waals surface area contributed by atoms with Crippen LogP contribution in [0, 0.1) is 11.6 Å². The Hall–Kier alpha value is -3.08. The number of rotatable bonds is 8. The molecule has 8 nitrogen and oxygen atoms in total. The van der Waals surface area contributed by atoms with E-state index in [1.54, 1.807) is 6.20 Å². The normalized spacial score (nSPS) is 12.4. The number of aromatic nitrogens is 2. The molecule has 1 atom stereocenters. The van der Waals surface area contributed by atoms with Crippen LogP contribution in [0.1, 0.15) is 21.6 Å². The topological polar surface area (TPSA) is 131 Å². The Morgan fingerprint density at radius 3 is 2.69 bits per heavy atom. The van der Waals surface area contributed by atoms with Crippen LogP contribution in [0.3, 0.4) is 0 Å². The Balaban J connectivity index is 2.03. The molecule has 3 rings (SSSR count). The van der Waals surface area contributed by atoms with Crippen molar-refractivity contribution in [2.24, 2.45) is 5.73 Å². The molecular formula is C19H19F2N3O5. The molecule has 0 aliphatic rings. The third kappa shape index (κ3) is 4.50. The highest BCUT2D eigenvalue weighted by Crippen LogP contribution is 2.30. The Bertz CT molecular complexity index is 1050. The van der Waals surface area contributed by atoms with E-state index < -0.39 is 36.1 Å². The number of aliphatic hydroxyl groups excluding tert-OH is 2. The van der Waals surface area contributed by atoms with Crippen molar-refractivity contribution in [1.82, 2.24) is 9.55 Å².